The number of nitro groups is 1. The number of hydrogen-bond donors (Lipinski definition) is 0. The second-order valence-corrected chi connectivity index (χ2v) is 5.30. The van der Waals surface area contributed by atoms with Crippen LogP contribution in [0.2, 0.25) is 0 Å². The highest BCUT2D eigenvalue weighted by atomic mass is 16.6. The van der Waals surface area contributed by atoms with E-state index in [4.69, 9.17) is 18.6 Å². The van der Waals surface area contributed by atoms with Crippen molar-refractivity contribution in [2.45, 2.75) is 0 Å². The number of nitro benzene ring substituents is 1. The number of methoxy groups -OCH3 is 3. The molecule has 3 aromatic rings. The van der Waals surface area contributed by atoms with E-state index in [9.17, 15) is 14.9 Å². The predicted molar refractivity (Wildman–Crippen MR) is 94.2 cm³/mol. The lowest BCUT2D eigenvalue weighted by molar-refractivity contribution is -0.384. The highest BCUT2D eigenvalue weighted by molar-refractivity contribution is 5.84. The van der Waals surface area contributed by atoms with Gasteiger partial charge in [-0.25, -0.2) is 0 Å². The van der Waals surface area contributed by atoms with E-state index in [1.54, 1.807) is 18.2 Å². The van der Waals surface area contributed by atoms with E-state index in [-0.39, 0.29) is 28.3 Å². The quantitative estimate of drug-likeness (QED) is 0.509. The van der Waals surface area contributed by atoms with Crippen LogP contribution >= 0.6 is 0 Å². The van der Waals surface area contributed by atoms with Crippen molar-refractivity contribution in [3.05, 3.63) is 56.7 Å². The van der Waals surface area contributed by atoms with Crippen LogP contribution in [0, 0.1) is 10.1 Å². The van der Waals surface area contributed by atoms with Gasteiger partial charge in [0.15, 0.2) is 5.76 Å². The molecule has 8 heteroatoms. The molecule has 1 heterocycles. The number of ether oxygens (including phenoxy) is 3. The molecule has 0 spiro atoms. The van der Waals surface area contributed by atoms with Crippen LogP contribution in [0.3, 0.4) is 0 Å². The van der Waals surface area contributed by atoms with E-state index in [1.807, 2.05) is 0 Å². The zero-order valence-corrected chi connectivity index (χ0v) is 14.3. The minimum absolute atomic E-state index is 0.0406. The lowest BCUT2D eigenvalue weighted by Gasteiger charge is -2.12. The molecule has 3 rings (SSSR count). The highest BCUT2D eigenvalue weighted by Gasteiger charge is 2.22. The Morgan fingerprint density at radius 1 is 1.00 bits per heavy atom. The molecule has 8 nitrogen and oxygen atoms in total. The first-order valence-electron chi connectivity index (χ1n) is 7.51. The fourth-order valence-electron chi connectivity index (χ4n) is 2.63. The summed E-state index contributed by atoms with van der Waals surface area (Å²) in [5.41, 5.74) is -0.0738. The van der Waals surface area contributed by atoms with Crippen molar-refractivity contribution in [3.8, 4) is 28.6 Å². The Hall–Kier alpha value is -3.55. The van der Waals surface area contributed by atoms with E-state index in [0.29, 0.717) is 16.9 Å². The third kappa shape index (κ3) is 2.81. The van der Waals surface area contributed by atoms with Crippen LogP contribution in [-0.4, -0.2) is 26.3 Å². The van der Waals surface area contributed by atoms with Gasteiger partial charge in [0, 0.05) is 18.2 Å². The summed E-state index contributed by atoms with van der Waals surface area (Å²) in [6.07, 6.45) is 0. The zero-order chi connectivity index (χ0) is 18.8. The molecule has 0 bridgehead atoms. The summed E-state index contributed by atoms with van der Waals surface area (Å²) in [7, 11) is 4.24. The summed E-state index contributed by atoms with van der Waals surface area (Å²) >= 11 is 0. The van der Waals surface area contributed by atoms with Gasteiger partial charge >= 0.3 is 0 Å². The van der Waals surface area contributed by atoms with Crippen LogP contribution < -0.4 is 19.6 Å². The van der Waals surface area contributed by atoms with Gasteiger partial charge in [0.25, 0.3) is 5.69 Å². The lowest BCUT2D eigenvalue weighted by Crippen LogP contribution is -2.08. The summed E-state index contributed by atoms with van der Waals surface area (Å²) < 4.78 is 21.5. The van der Waals surface area contributed by atoms with Gasteiger partial charge < -0.3 is 18.6 Å². The largest absolute Gasteiger partial charge is 0.497 e. The molecule has 0 aliphatic heterocycles. The molecule has 0 N–H and O–H groups in total. The van der Waals surface area contributed by atoms with E-state index in [2.05, 4.69) is 0 Å². The summed E-state index contributed by atoms with van der Waals surface area (Å²) in [6.45, 7) is 0. The molecule has 134 valence electrons. The van der Waals surface area contributed by atoms with Gasteiger partial charge in [-0.1, -0.05) is 0 Å². The van der Waals surface area contributed by atoms with Gasteiger partial charge in [-0.05, 0) is 18.2 Å². The number of rotatable bonds is 5. The SMILES string of the molecule is COc1ccc2c(=O)c(OC)c(-c3cc([N+](=O)[O-])ccc3OC)oc2c1. The predicted octanol–water partition coefficient (Wildman–Crippen LogP) is 3.39. The molecule has 26 heavy (non-hydrogen) atoms. The molecule has 0 saturated heterocycles. The van der Waals surface area contributed by atoms with Gasteiger partial charge in [-0.2, -0.15) is 0 Å². The van der Waals surface area contributed by atoms with Crippen LogP contribution in [0.25, 0.3) is 22.3 Å². The summed E-state index contributed by atoms with van der Waals surface area (Å²) in [4.78, 5) is 23.4. The summed E-state index contributed by atoms with van der Waals surface area (Å²) in [5.74, 6) is 0.780. The molecule has 0 aliphatic carbocycles. The Bertz CT molecular complexity index is 1060. The monoisotopic (exact) mass is 357 g/mol. The molecule has 0 unspecified atom stereocenters. The lowest BCUT2D eigenvalue weighted by atomic mass is 10.1. The van der Waals surface area contributed by atoms with Gasteiger partial charge in [0.1, 0.15) is 17.1 Å². The maximum atomic E-state index is 12.8. The average Bonchev–Trinajstić information content (AvgIpc) is 2.66. The molecule has 0 fully saturated rings. The van der Waals surface area contributed by atoms with Crippen molar-refractivity contribution in [3.63, 3.8) is 0 Å². The molecule has 1 aromatic heterocycles. The highest BCUT2D eigenvalue weighted by Crippen LogP contribution is 2.39. The van der Waals surface area contributed by atoms with Crippen LogP contribution in [-0.2, 0) is 0 Å². The number of benzene rings is 2. The molecular weight excluding hydrogens is 342 g/mol. The Balaban J connectivity index is 2.38. The van der Waals surface area contributed by atoms with Gasteiger partial charge in [0.05, 0.1) is 37.2 Å². The summed E-state index contributed by atoms with van der Waals surface area (Å²) in [5, 5.41) is 11.4. The Morgan fingerprint density at radius 2 is 1.77 bits per heavy atom. The molecule has 0 aliphatic rings. The third-order valence-corrected chi connectivity index (χ3v) is 3.90. The average molecular weight is 357 g/mol. The van der Waals surface area contributed by atoms with E-state index >= 15 is 0 Å². The minimum atomic E-state index is -0.544. The van der Waals surface area contributed by atoms with Crippen molar-refractivity contribution < 1.29 is 23.6 Å². The zero-order valence-electron chi connectivity index (χ0n) is 14.3. The molecule has 0 radical (unpaired) electrons. The maximum absolute atomic E-state index is 12.8. The third-order valence-electron chi connectivity index (χ3n) is 3.90. The first kappa shape index (κ1) is 17.3. The number of nitrogens with zero attached hydrogens (tertiary/aromatic N) is 1. The fraction of sp³-hybridized carbons (Fsp3) is 0.167. The first-order valence-corrected chi connectivity index (χ1v) is 7.51. The fourth-order valence-corrected chi connectivity index (χ4v) is 2.63. The van der Waals surface area contributed by atoms with Gasteiger partial charge in [0.2, 0.25) is 11.2 Å². The normalized spacial score (nSPS) is 10.6. The maximum Gasteiger partial charge on any atom is 0.270 e. The molecule has 0 saturated carbocycles. The van der Waals surface area contributed by atoms with E-state index < -0.39 is 10.4 Å². The Morgan fingerprint density at radius 3 is 2.38 bits per heavy atom. The minimum Gasteiger partial charge on any atom is -0.497 e. The number of hydrogen-bond acceptors (Lipinski definition) is 7. The second-order valence-electron chi connectivity index (χ2n) is 5.30. The molecular formula is C18H15NO7. The number of fused-ring (bicyclic) bond motifs is 1. The van der Waals surface area contributed by atoms with Crippen molar-refractivity contribution in [1.82, 2.24) is 0 Å². The Kier molecular flexibility index (Phi) is 4.49. The van der Waals surface area contributed by atoms with Gasteiger partial charge in [-0.3, -0.25) is 14.9 Å². The topological polar surface area (TPSA) is 101 Å². The van der Waals surface area contributed by atoms with Crippen LogP contribution in [0.15, 0.2) is 45.6 Å². The van der Waals surface area contributed by atoms with Crippen LogP contribution in [0.1, 0.15) is 0 Å². The Labute approximate surface area is 147 Å². The smallest absolute Gasteiger partial charge is 0.270 e. The van der Waals surface area contributed by atoms with Crippen molar-refractivity contribution in [2.75, 3.05) is 21.3 Å². The standard InChI is InChI=1S/C18H15NO7/c1-23-11-5-6-12-15(9-11)26-17(18(25-3)16(12)20)13-8-10(19(21)22)4-7-14(13)24-2/h4-9H,1-3H3. The number of non-ortho nitro benzene ring substituents is 1. The molecule has 2 aromatic carbocycles. The van der Waals surface area contributed by atoms with Crippen molar-refractivity contribution >= 4 is 16.7 Å². The second kappa shape index (κ2) is 6.75. The van der Waals surface area contributed by atoms with E-state index in [0.717, 1.165) is 0 Å². The van der Waals surface area contributed by atoms with E-state index in [1.165, 1.54) is 39.5 Å². The van der Waals surface area contributed by atoms with Crippen LogP contribution in [0.4, 0.5) is 5.69 Å². The summed E-state index contributed by atoms with van der Waals surface area (Å²) in [6, 6.07) is 8.76. The van der Waals surface area contributed by atoms with Gasteiger partial charge in [-0.15, -0.1) is 0 Å². The van der Waals surface area contributed by atoms with Crippen LogP contribution in [0.5, 0.6) is 17.2 Å². The van der Waals surface area contributed by atoms with Crippen molar-refractivity contribution in [2.24, 2.45) is 0 Å². The molecule has 0 atom stereocenters. The van der Waals surface area contributed by atoms with Crippen molar-refractivity contribution in [1.29, 1.82) is 0 Å². The first-order chi connectivity index (χ1) is 12.5. The molecule has 0 amide bonds.